The first-order valence-corrected chi connectivity index (χ1v) is 8.47. The summed E-state index contributed by atoms with van der Waals surface area (Å²) in [4.78, 5) is 14.3. The fourth-order valence-corrected chi connectivity index (χ4v) is 4.04. The summed E-state index contributed by atoms with van der Waals surface area (Å²) in [7, 11) is 1.87. The van der Waals surface area contributed by atoms with E-state index in [4.69, 9.17) is 0 Å². The minimum absolute atomic E-state index is 0.146. The monoisotopic (exact) mass is 324 g/mol. The maximum absolute atomic E-state index is 14.1. The maximum Gasteiger partial charge on any atom is 0.242 e. The van der Waals surface area contributed by atoms with E-state index >= 15 is 0 Å². The minimum atomic E-state index is -0.395. The lowest BCUT2D eigenvalue weighted by Gasteiger charge is -2.23. The molecule has 2 aromatic carbocycles. The van der Waals surface area contributed by atoms with Crippen molar-refractivity contribution < 1.29 is 9.18 Å². The van der Waals surface area contributed by atoms with Crippen LogP contribution in [0.2, 0.25) is 0 Å². The summed E-state index contributed by atoms with van der Waals surface area (Å²) in [6.45, 7) is 0.813. The molecule has 4 heteroatoms. The van der Waals surface area contributed by atoms with Gasteiger partial charge in [-0.25, -0.2) is 4.39 Å². The summed E-state index contributed by atoms with van der Waals surface area (Å²) >= 11 is 0. The van der Waals surface area contributed by atoms with Crippen LogP contribution in [0.5, 0.6) is 0 Å². The molecule has 0 aromatic heterocycles. The highest BCUT2D eigenvalue weighted by atomic mass is 19.1. The first-order chi connectivity index (χ1) is 11.6. The Morgan fingerprint density at radius 3 is 2.75 bits per heavy atom. The van der Waals surface area contributed by atoms with Gasteiger partial charge in [-0.2, -0.15) is 0 Å². The fourth-order valence-electron chi connectivity index (χ4n) is 4.04. The van der Waals surface area contributed by atoms with Crippen LogP contribution in [-0.4, -0.2) is 29.9 Å². The zero-order valence-corrected chi connectivity index (χ0v) is 13.8. The second-order valence-corrected chi connectivity index (χ2v) is 6.90. The average molecular weight is 324 g/mol. The van der Waals surface area contributed by atoms with E-state index in [1.54, 1.807) is 12.1 Å². The zero-order chi connectivity index (χ0) is 16.7. The summed E-state index contributed by atoms with van der Waals surface area (Å²) in [5.74, 6) is -0.00615. The Kier molecular flexibility index (Phi) is 3.65. The molecule has 4 rings (SSSR count). The smallest absolute Gasteiger partial charge is 0.242 e. The van der Waals surface area contributed by atoms with E-state index in [1.165, 1.54) is 6.07 Å². The summed E-state index contributed by atoms with van der Waals surface area (Å²) in [5.41, 5.74) is 2.22. The van der Waals surface area contributed by atoms with Crippen molar-refractivity contribution in [3.8, 4) is 11.1 Å². The van der Waals surface area contributed by atoms with Crippen molar-refractivity contribution in [2.45, 2.75) is 30.8 Å². The molecule has 0 radical (unpaired) electrons. The van der Waals surface area contributed by atoms with Gasteiger partial charge in [0.05, 0.1) is 0 Å². The first-order valence-electron chi connectivity index (χ1n) is 8.47. The molecule has 124 valence electrons. The molecule has 0 aliphatic carbocycles. The standard InChI is InChI=1S/C20H21FN2O/c1-23-12-11-20(19(23)24)10-9-18(22-20)15-6-4-5-14(13-15)16-7-2-3-8-17(16)21/h2-8,13,18,22H,9-12H2,1H3/t18-,20-/m0/s1. The van der Waals surface area contributed by atoms with Gasteiger partial charge in [0.25, 0.3) is 0 Å². The largest absolute Gasteiger partial charge is 0.344 e. The highest BCUT2D eigenvalue weighted by molar-refractivity contribution is 5.88. The zero-order valence-electron chi connectivity index (χ0n) is 13.8. The predicted molar refractivity (Wildman–Crippen MR) is 91.9 cm³/mol. The van der Waals surface area contributed by atoms with Crippen molar-refractivity contribution in [3.05, 3.63) is 59.9 Å². The number of hydrogen-bond acceptors (Lipinski definition) is 2. The van der Waals surface area contributed by atoms with Gasteiger partial charge in [0.15, 0.2) is 0 Å². The second-order valence-electron chi connectivity index (χ2n) is 6.90. The molecular weight excluding hydrogens is 303 g/mol. The highest BCUT2D eigenvalue weighted by Gasteiger charge is 2.49. The summed E-state index contributed by atoms with van der Waals surface area (Å²) in [5, 5.41) is 3.57. The van der Waals surface area contributed by atoms with Crippen molar-refractivity contribution in [3.63, 3.8) is 0 Å². The van der Waals surface area contributed by atoms with Crippen LogP contribution in [0, 0.1) is 5.82 Å². The molecule has 0 bridgehead atoms. The molecule has 1 N–H and O–H groups in total. The van der Waals surface area contributed by atoms with Crippen LogP contribution in [0.1, 0.15) is 30.9 Å². The number of carbonyl (C=O) groups is 1. The van der Waals surface area contributed by atoms with Crippen LogP contribution in [0.4, 0.5) is 4.39 Å². The fraction of sp³-hybridized carbons (Fsp3) is 0.350. The van der Waals surface area contributed by atoms with Crippen LogP contribution in [-0.2, 0) is 4.79 Å². The Morgan fingerprint density at radius 1 is 1.17 bits per heavy atom. The van der Waals surface area contributed by atoms with Crippen LogP contribution in [0.3, 0.4) is 0 Å². The van der Waals surface area contributed by atoms with Gasteiger partial charge in [0.1, 0.15) is 11.4 Å². The number of likely N-dealkylation sites (N-methyl/N-ethyl adjacent to an activating group) is 1. The van der Waals surface area contributed by atoms with E-state index in [2.05, 4.69) is 11.4 Å². The number of nitrogens with one attached hydrogen (secondary N) is 1. The molecule has 2 aromatic rings. The van der Waals surface area contributed by atoms with Gasteiger partial charge >= 0.3 is 0 Å². The number of halogens is 1. The van der Waals surface area contributed by atoms with Gasteiger partial charge in [-0.3, -0.25) is 10.1 Å². The maximum atomic E-state index is 14.1. The highest BCUT2D eigenvalue weighted by Crippen LogP contribution is 2.39. The van der Waals surface area contributed by atoms with Crippen molar-refractivity contribution in [2.75, 3.05) is 13.6 Å². The third-order valence-corrected chi connectivity index (χ3v) is 5.41. The minimum Gasteiger partial charge on any atom is -0.344 e. The quantitative estimate of drug-likeness (QED) is 0.917. The SMILES string of the molecule is CN1CC[C@@]2(CC[C@@H](c3cccc(-c4ccccc4F)c3)N2)C1=O. The molecule has 2 saturated heterocycles. The van der Waals surface area contributed by atoms with Gasteiger partial charge in [-0.15, -0.1) is 0 Å². The van der Waals surface area contributed by atoms with Crippen LogP contribution >= 0.6 is 0 Å². The summed E-state index contributed by atoms with van der Waals surface area (Å²) in [6.07, 6.45) is 2.66. The van der Waals surface area contributed by atoms with E-state index in [-0.39, 0.29) is 17.8 Å². The average Bonchev–Trinajstić information content (AvgIpc) is 3.16. The number of carbonyl (C=O) groups excluding carboxylic acids is 1. The molecule has 2 aliphatic rings. The molecule has 2 fully saturated rings. The van der Waals surface area contributed by atoms with Gasteiger partial charge < -0.3 is 4.90 Å². The lowest BCUT2D eigenvalue weighted by Crippen LogP contribution is -2.47. The normalized spacial score (nSPS) is 26.5. The van der Waals surface area contributed by atoms with Crippen molar-refractivity contribution in [2.24, 2.45) is 0 Å². The van der Waals surface area contributed by atoms with Gasteiger partial charge in [-0.05, 0) is 42.5 Å². The lowest BCUT2D eigenvalue weighted by molar-refractivity contribution is -0.131. The Morgan fingerprint density at radius 2 is 2.00 bits per heavy atom. The summed E-state index contributed by atoms with van der Waals surface area (Å²) < 4.78 is 14.1. The van der Waals surface area contributed by atoms with Gasteiger partial charge in [0.2, 0.25) is 5.91 Å². The molecule has 2 aliphatic heterocycles. The Balaban J connectivity index is 1.62. The van der Waals surface area contributed by atoms with Gasteiger partial charge in [-0.1, -0.05) is 36.4 Å². The number of rotatable bonds is 2. The van der Waals surface area contributed by atoms with Crippen LogP contribution in [0.15, 0.2) is 48.5 Å². The van der Waals surface area contributed by atoms with E-state index in [1.807, 2.05) is 36.2 Å². The van der Waals surface area contributed by atoms with Crippen molar-refractivity contribution in [1.29, 1.82) is 0 Å². The van der Waals surface area contributed by atoms with E-state index in [0.717, 1.165) is 36.9 Å². The van der Waals surface area contributed by atoms with E-state index < -0.39 is 5.54 Å². The molecule has 24 heavy (non-hydrogen) atoms. The van der Waals surface area contributed by atoms with Crippen molar-refractivity contribution in [1.82, 2.24) is 10.2 Å². The van der Waals surface area contributed by atoms with Gasteiger partial charge in [0, 0.05) is 25.2 Å². The molecule has 2 heterocycles. The number of nitrogens with zero attached hydrogens (tertiary/aromatic N) is 1. The molecule has 1 amide bonds. The predicted octanol–water partition coefficient (Wildman–Crippen LogP) is 3.52. The molecular formula is C20H21FN2O. The number of benzene rings is 2. The molecule has 1 spiro atoms. The Labute approximate surface area is 141 Å². The molecule has 0 unspecified atom stereocenters. The Bertz CT molecular complexity index is 791. The van der Waals surface area contributed by atoms with E-state index in [0.29, 0.717) is 5.56 Å². The molecule has 3 nitrogen and oxygen atoms in total. The third kappa shape index (κ3) is 2.42. The number of likely N-dealkylation sites (tertiary alicyclic amines) is 1. The number of hydrogen-bond donors (Lipinski definition) is 1. The van der Waals surface area contributed by atoms with E-state index in [9.17, 15) is 9.18 Å². The van der Waals surface area contributed by atoms with Crippen molar-refractivity contribution >= 4 is 5.91 Å². The summed E-state index contributed by atoms with van der Waals surface area (Å²) in [6, 6.07) is 15.0. The topological polar surface area (TPSA) is 32.3 Å². The second kappa shape index (κ2) is 5.71. The van der Waals surface area contributed by atoms with Crippen LogP contribution < -0.4 is 5.32 Å². The third-order valence-electron chi connectivity index (χ3n) is 5.41. The lowest BCUT2D eigenvalue weighted by atomic mass is 9.95. The van der Waals surface area contributed by atoms with Crippen LogP contribution in [0.25, 0.3) is 11.1 Å². The molecule has 2 atom stereocenters. The number of amides is 1. The molecule has 0 saturated carbocycles. The first kappa shape index (κ1) is 15.3. The Hall–Kier alpha value is -2.20.